The van der Waals surface area contributed by atoms with E-state index in [0.717, 1.165) is 23.6 Å². The van der Waals surface area contributed by atoms with Crippen LogP contribution in [0.2, 0.25) is 0 Å². The van der Waals surface area contributed by atoms with Crippen molar-refractivity contribution >= 4 is 12.2 Å². The van der Waals surface area contributed by atoms with Gasteiger partial charge in [0.15, 0.2) is 5.42 Å². The minimum Gasteiger partial charge on any atom is -0.404 e. The molecule has 46 valence electrons. The molecule has 2 heteroatoms. The first-order valence-electron chi connectivity index (χ1n) is 3.12. The van der Waals surface area contributed by atoms with Crippen LogP contribution in [0.5, 0.6) is 0 Å². The van der Waals surface area contributed by atoms with Crippen LogP contribution in [0.15, 0.2) is 10.8 Å². The monoisotopic (exact) mass is 122 g/mol. The number of oxazole rings is 1. The molecule has 0 bridgehead atoms. The predicted octanol–water partition coefficient (Wildman–Crippen LogP) is -0.552. The normalized spacial score (nSPS) is 15.6. The summed E-state index contributed by atoms with van der Waals surface area (Å²) < 4.78 is 5.11. The SMILES string of the molecule is C1=c2[nH+]coc2=CCC1. The first-order valence-corrected chi connectivity index (χ1v) is 3.12. The van der Waals surface area contributed by atoms with Crippen LogP contribution in [0.4, 0.5) is 0 Å². The number of rotatable bonds is 0. The molecule has 0 aromatic carbocycles. The number of hydrogen-bond donors (Lipinski definition) is 0. The maximum atomic E-state index is 5.11. The van der Waals surface area contributed by atoms with Gasteiger partial charge in [-0.25, -0.2) is 0 Å². The molecule has 9 heavy (non-hydrogen) atoms. The predicted molar refractivity (Wildman–Crippen MR) is 32.7 cm³/mol. The molecule has 0 atom stereocenters. The molecule has 1 aliphatic carbocycles. The molecule has 0 saturated heterocycles. The van der Waals surface area contributed by atoms with Crippen molar-refractivity contribution in [2.24, 2.45) is 0 Å². The van der Waals surface area contributed by atoms with Gasteiger partial charge in [0.05, 0.1) is 0 Å². The van der Waals surface area contributed by atoms with E-state index in [1.165, 1.54) is 0 Å². The third-order valence-corrected chi connectivity index (χ3v) is 1.51. The Balaban J connectivity index is 2.89. The van der Waals surface area contributed by atoms with Crippen molar-refractivity contribution in [2.45, 2.75) is 12.8 Å². The van der Waals surface area contributed by atoms with E-state index in [9.17, 15) is 0 Å². The molecule has 1 heterocycles. The summed E-state index contributed by atoms with van der Waals surface area (Å²) in [6, 6.07) is 0. The smallest absolute Gasteiger partial charge is 0.333 e. The molecule has 1 aromatic rings. The van der Waals surface area contributed by atoms with Gasteiger partial charge in [0.1, 0.15) is 0 Å². The van der Waals surface area contributed by atoms with E-state index in [1.807, 2.05) is 0 Å². The average Bonchev–Trinajstić information content (AvgIpc) is 2.33. The molecule has 0 amide bonds. The number of nitrogens with one attached hydrogen (secondary N) is 1. The Kier molecular flexibility index (Phi) is 0.918. The third-order valence-electron chi connectivity index (χ3n) is 1.51. The van der Waals surface area contributed by atoms with Gasteiger partial charge in [-0.15, -0.1) is 0 Å². The topological polar surface area (TPSA) is 27.3 Å². The van der Waals surface area contributed by atoms with Crippen LogP contribution >= 0.6 is 0 Å². The summed E-state index contributed by atoms with van der Waals surface area (Å²) in [5, 5.41) is 1.13. The maximum absolute atomic E-state index is 5.11. The van der Waals surface area contributed by atoms with Crippen LogP contribution in [0, 0.1) is 0 Å². The van der Waals surface area contributed by atoms with E-state index in [-0.39, 0.29) is 0 Å². The van der Waals surface area contributed by atoms with Gasteiger partial charge >= 0.3 is 6.39 Å². The minimum absolute atomic E-state index is 0.987. The molecule has 0 aliphatic heterocycles. The zero-order valence-corrected chi connectivity index (χ0v) is 5.05. The standard InChI is InChI=1S/C7H7NO/c1-2-4-7-6(3-1)8-5-9-7/h3-5H,1-2H2/p+1. The van der Waals surface area contributed by atoms with E-state index in [0.29, 0.717) is 0 Å². The summed E-state index contributed by atoms with van der Waals surface area (Å²) in [7, 11) is 0. The molecule has 2 rings (SSSR count). The van der Waals surface area contributed by atoms with Crippen molar-refractivity contribution in [1.82, 2.24) is 0 Å². The van der Waals surface area contributed by atoms with Gasteiger partial charge in [-0.05, 0) is 25.0 Å². The van der Waals surface area contributed by atoms with Gasteiger partial charge in [0.2, 0.25) is 5.35 Å². The average molecular weight is 122 g/mol. The van der Waals surface area contributed by atoms with Gasteiger partial charge in [-0.1, -0.05) is 0 Å². The highest BCUT2D eigenvalue weighted by Crippen LogP contribution is 1.92. The molecule has 2 nitrogen and oxygen atoms in total. The number of fused-ring (bicyclic) bond motifs is 1. The summed E-state index contributed by atoms with van der Waals surface area (Å²) in [6.45, 7) is 0. The first-order chi connectivity index (χ1) is 4.47. The summed E-state index contributed by atoms with van der Waals surface area (Å²) in [6.07, 6.45) is 8.10. The molecule has 1 aliphatic rings. The number of hydrogen-bond acceptors (Lipinski definition) is 1. The quantitative estimate of drug-likeness (QED) is 0.453. The van der Waals surface area contributed by atoms with Gasteiger partial charge < -0.3 is 4.42 Å². The van der Waals surface area contributed by atoms with E-state index >= 15 is 0 Å². The Hall–Kier alpha value is -1.05. The lowest BCUT2D eigenvalue weighted by molar-refractivity contribution is -0.399. The second kappa shape index (κ2) is 1.72. The van der Waals surface area contributed by atoms with Crippen molar-refractivity contribution < 1.29 is 9.40 Å². The van der Waals surface area contributed by atoms with Crippen LogP contribution in [0.1, 0.15) is 12.8 Å². The Labute approximate surface area is 52.5 Å². The number of aromatic amines is 1. The zero-order valence-electron chi connectivity index (χ0n) is 5.05. The Morgan fingerprint density at radius 1 is 1.33 bits per heavy atom. The lowest BCUT2D eigenvalue weighted by atomic mass is 10.2. The van der Waals surface area contributed by atoms with E-state index in [2.05, 4.69) is 17.1 Å². The van der Waals surface area contributed by atoms with Crippen molar-refractivity contribution in [3.05, 3.63) is 17.2 Å². The van der Waals surface area contributed by atoms with Gasteiger partial charge in [-0.3, -0.25) is 0 Å². The van der Waals surface area contributed by atoms with Crippen molar-refractivity contribution in [3.63, 3.8) is 0 Å². The third kappa shape index (κ3) is 0.669. The van der Waals surface area contributed by atoms with Crippen LogP contribution in [-0.2, 0) is 0 Å². The lowest BCUT2D eigenvalue weighted by Gasteiger charge is -1.85. The maximum Gasteiger partial charge on any atom is 0.333 e. The Morgan fingerprint density at radius 2 is 2.22 bits per heavy atom. The van der Waals surface area contributed by atoms with Crippen molar-refractivity contribution in [1.29, 1.82) is 0 Å². The molecule has 0 fully saturated rings. The fraction of sp³-hybridized carbons (Fsp3) is 0.286. The van der Waals surface area contributed by atoms with Crippen molar-refractivity contribution in [2.75, 3.05) is 0 Å². The molecule has 1 N–H and O–H groups in total. The number of H-pyrrole nitrogens is 1. The van der Waals surface area contributed by atoms with Crippen LogP contribution in [0.3, 0.4) is 0 Å². The molecule has 1 aromatic heterocycles. The molecule has 0 radical (unpaired) electrons. The van der Waals surface area contributed by atoms with E-state index < -0.39 is 0 Å². The minimum atomic E-state index is 0.987. The second-order valence-corrected chi connectivity index (χ2v) is 2.14. The highest BCUT2D eigenvalue weighted by atomic mass is 16.3. The molecule has 0 unspecified atom stereocenters. The summed E-state index contributed by atoms with van der Waals surface area (Å²) in [4.78, 5) is 3.00. The molecule has 0 saturated carbocycles. The molecular formula is C7H8NO+. The Morgan fingerprint density at radius 3 is 3.11 bits per heavy atom. The summed E-state index contributed by atoms with van der Waals surface area (Å²) in [5.41, 5.74) is 0.987. The second-order valence-electron chi connectivity index (χ2n) is 2.14. The van der Waals surface area contributed by atoms with Gasteiger partial charge in [0, 0.05) is 0 Å². The largest absolute Gasteiger partial charge is 0.404 e. The molecule has 0 spiro atoms. The summed E-state index contributed by atoms with van der Waals surface area (Å²) in [5.74, 6) is 0. The fourth-order valence-corrected chi connectivity index (χ4v) is 1.05. The van der Waals surface area contributed by atoms with E-state index in [4.69, 9.17) is 4.42 Å². The summed E-state index contributed by atoms with van der Waals surface area (Å²) >= 11 is 0. The number of aromatic nitrogens is 1. The molecular weight excluding hydrogens is 114 g/mol. The van der Waals surface area contributed by atoms with Crippen molar-refractivity contribution in [3.8, 4) is 0 Å². The van der Waals surface area contributed by atoms with Crippen LogP contribution in [0.25, 0.3) is 12.2 Å². The van der Waals surface area contributed by atoms with E-state index in [1.54, 1.807) is 6.39 Å². The van der Waals surface area contributed by atoms with Crippen LogP contribution in [-0.4, -0.2) is 0 Å². The van der Waals surface area contributed by atoms with Gasteiger partial charge in [-0.2, -0.15) is 4.98 Å². The lowest BCUT2D eigenvalue weighted by Crippen LogP contribution is -2.35. The first kappa shape index (κ1) is 4.79. The Bertz CT molecular complexity index is 279. The highest BCUT2D eigenvalue weighted by Gasteiger charge is 1.99. The zero-order chi connectivity index (χ0) is 6.10. The van der Waals surface area contributed by atoms with Gasteiger partial charge in [0.25, 0.3) is 0 Å². The fourth-order valence-electron chi connectivity index (χ4n) is 1.05. The highest BCUT2D eigenvalue weighted by molar-refractivity contribution is 5.29. The van der Waals surface area contributed by atoms with Crippen LogP contribution < -0.4 is 15.7 Å².